The Hall–Kier alpha value is -2.62. The molecule has 0 saturated carbocycles. The molecule has 1 aromatic rings. The Kier molecular flexibility index (Phi) is 12.4. The van der Waals surface area contributed by atoms with Crippen molar-refractivity contribution in [2.45, 2.75) is 64.8 Å². The summed E-state index contributed by atoms with van der Waals surface area (Å²) in [5, 5.41) is 0. The first kappa shape index (κ1) is 30.6. The van der Waals surface area contributed by atoms with Crippen LogP contribution in [0.4, 0.5) is 4.39 Å². The molecule has 1 fully saturated rings. The molecule has 0 aliphatic carbocycles. The number of Topliss-reactive ketones (excluding diaryl/α,β-unsaturated/α-hetero) is 3. The normalized spacial score (nSPS) is 17.2. The molecule has 1 aliphatic heterocycles. The summed E-state index contributed by atoms with van der Waals surface area (Å²) in [7, 11) is 0. The molecule has 10 heteroatoms. The lowest BCUT2D eigenvalue weighted by Gasteiger charge is -2.38. The molecule has 37 heavy (non-hydrogen) atoms. The topological polar surface area (TPSA) is 136 Å². The highest BCUT2D eigenvalue weighted by Gasteiger charge is 2.38. The Bertz CT molecular complexity index is 979. The smallest absolute Gasteiger partial charge is 0.227 e. The second-order valence-corrected chi connectivity index (χ2v) is 10.9. The number of carbonyl (C=O) groups is 4. The number of halogens is 2. The minimum Gasteiger partial charge on any atom is -0.370 e. The van der Waals surface area contributed by atoms with Crippen molar-refractivity contribution < 1.29 is 23.6 Å². The standard InChI is InChI=1S/C27H38BrFN4O4/c1-17(2)21(15-23(34)18-8-10-20(28)11-9-18)26(37)33-13-4-3-7-22(33)24(35)14-19(25(36)16-29)6-5-12-32-27(30)31/h8-11,17,19,21-22H,3-7,12-16H2,1-2H3,(H4,30,31,32)/t19-,21+,22+/m1/s1. The first-order valence-corrected chi connectivity index (χ1v) is 13.6. The van der Waals surface area contributed by atoms with Crippen molar-refractivity contribution in [1.29, 1.82) is 0 Å². The highest BCUT2D eigenvalue weighted by atomic mass is 79.9. The van der Waals surface area contributed by atoms with Gasteiger partial charge in [0, 0.05) is 47.8 Å². The van der Waals surface area contributed by atoms with Crippen LogP contribution in [-0.4, -0.2) is 59.9 Å². The number of nitrogens with two attached hydrogens (primary N) is 2. The predicted molar refractivity (Wildman–Crippen MR) is 145 cm³/mol. The number of benzene rings is 1. The largest absolute Gasteiger partial charge is 0.370 e. The number of nitrogens with zero attached hydrogens (tertiary/aromatic N) is 2. The number of hydrogen-bond donors (Lipinski definition) is 2. The van der Waals surface area contributed by atoms with Crippen LogP contribution in [0.2, 0.25) is 0 Å². The van der Waals surface area contributed by atoms with Gasteiger partial charge in [0.05, 0.1) is 6.04 Å². The van der Waals surface area contributed by atoms with Gasteiger partial charge in [0.1, 0.15) is 6.67 Å². The number of rotatable bonds is 14. The number of ketones is 3. The van der Waals surface area contributed by atoms with Crippen LogP contribution < -0.4 is 11.5 Å². The third-order valence-corrected chi connectivity index (χ3v) is 7.42. The van der Waals surface area contributed by atoms with Crippen LogP contribution in [0.5, 0.6) is 0 Å². The fourth-order valence-electron chi connectivity index (χ4n) is 4.72. The molecule has 0 unspecified atom stereocenters. The van der Waals surface area contributed by atoms with Crippen molar-refractivity contribution in [1.82, 2.24) is 4.90 Å². The summed E-state index contributed by atoms with van der Waals surface area (Å²) >= 11 is 3.36. The Morgan fingerprint density at radius 3 is 2.38 bits per heavy atom. The van der Waals surface area contributed by atoms with Gasteiger partial charge in [-0.3, -0.25) is 24.2 Å². The number of guanidine groups is 1. The number of aliphatic imine (C=N–C) groups is 1. The Morgan fingerprint density at radius 1 is 1.11 bits per heavy atom. The molecule has 2 rings (SSSR count). The maximum atomic E-state index is 13.7. The van der Waals surface area contributed by atoms with Crippen molar-refractivity contribution in [3.8, 4) is 0 Å². The third kappa shape index (κ3) is 9.32. The average molecular weight is 582 g/mol. The van der Waals surface area contributed by atoms with Gasteiger partial charge in [0.25, 0.3) is 0 Å². The lowest BCUT2D eigenvalue weighted by atomic mass is 9.84. The van der Waals surface area contributed by atoms with Crippen molar-refractivity contribution >= 4 is 45.1 Å². The van der Waals surface area contributed by atoms with E-state index in [-0.39, 0.29) is 55.2 Å². The van der Waals surface area contributed by atoms with Gasteiger partial charge in [-0.05, 0) is 50.2 Å². The van der Waals surface area contributed by atoms with Gasteiger partial charge in [0.15, 0.2) is 23.3 Å². The molecular formula is C27H38BrFN4O4. The van der Waals surface area contributed by atoms with E-state index in [1.807, 2.05) is 13.8 Å². The van der Waals surface area contributed by atoms with Crippen LogP contribution in [0.15, 0.2) is 33.7 Å². The van der Waals surface area contributed by atoms with Crippen molar-refractivity contribution in [3.05, 3.63) is 34.3 Å². The van der Waals surface area contributed by atoms with Gasteiger partial charge < -0.3 is 16.4 Å². The number of hydrogen-bond acceptors (Lipinski definition) is 5. The SMILES string of the molecule is CC(C)[C@H](CC(=O)c1ccc(Br)cc1)C(=O)N1CCCC[C@H]1C(=O)C[C@@H](CCCN=C(N)N)C(=O)CF. The van der Waals surface area contributed by atoms with Gasteiger partial charge in [-0.25, -0.2) is 4.39 Å². The number of carbonyl (C=O) groups excluding carboxylic acids is 4. The molecule has 0 aromatic heterocycles. The summed E-state index contributed by atoms with van der Waals surface area (Å²) < 4.78 is 14.1. The molecule has 8 nitrogen and oxygen atoms in total. The van der Waals surface area contributed by atoms with E-state index >= 15 is 0 Å². The number of likely N-dealkylation sites (tertiary alicyclic amines) is 1. The molecule has 1 amide bonds. The summed E-state index contributed by atoms with van der Waals surface area (Å²) in [5.74, 6) is -2.78. The zero-order valence-corrected chi connectivity index (χ0v) is 23.2. The minimum absolute atomic E-state index is 0.0449. The molecule has 3 atom stereocenters. The Balaban J connectivity index is 2.14. The van der Waals surface area contributed by atoms with Crippen LogP contribution in [0.1, 0.15) is 69.2 Å². The number of piperidine rings is 1. The monoisotopic (exact) mass is 580 g/mol. The summed E-state index contributed by atoms with van der Waals surface area (Å²) in [4.78, 5) is 57.6. The van der Waals surface area contributed by atoms with Crippen LogP contribution in [0.25, 0.3) is 0 Å². The maximum Gasteiger partial charge on any atom is 0.227 e. The summed E-state index contributed by atoms with van der Waals surface area (Å²) in [5.41, 5.74) is 11.2. The Morgan fingerprint density at radius 2 is 1.78 bits per heavy atom. The van der Waals surface area contributed by atoms with Gasteiger partial charge >= 0.3 is 0 Å². The molecule has 1 heterocycles. The fraction of sp³-hybridized carbons (Fsp3) is 0.593. The van der Waals surface area contributed by atoms with Crippen LogP contribution in [-0.2, 0) is 14.4 Å². The van der Waals surface area contributed by atoms with Gasteiger partial charge in [-0.15, -0.1) is 0 Å². The van der Waals surface area contributed by atoms with E-state index < -0.39 is 30.3 Å². The Labute approximate surface area is 226 Å². The third-order valence-electron chi connectivity index (χ3n) is 6.89. The molecular weight excluding hydrogens is 543 g/mol. The maximum absolute atomic E-state index is 13.7. The van der Waals surface area contributed by atoms with Gasteiger partial charge in [-0.1, -0.05) is 41.9 Å². The van der Waals surface area contributed by atoms with E-state index in [0.29, 0.717) is 24.9 Å². The van der Waals surface area contributed by atoms with E-state index in [0.717, 1.165) is 17.3 Å². The van der Waals surface area contributed by atoms with E-state index in [4.69, 9.17) is 11.5 Å². The number of amides is 1. The van der Waals surface area contributed by atoms with Crippen LogP contribution >= 0.6 is 15.9 Å². The molecule has 0 spiro atoms. The van der Waals surface area contributed by atoms with Gasteiger partial charge in [-0.2, -0.15) is 0 Å². The first-order chi connectivity index (χ1) is 17.5. The van der Waals surface area contributed by atoms with Crippen LogP contribution in [0.3, 0.4) is 0 Å². The molecule has 1 aromatic carbocycles. The van der Waals surface area contributed by atoms with E-state index in [1.54, 1.807) is 29.2 Å². The summed E-state index contributed by atoms with van der Waals surface area (Å²) in [6.45, 7) is 3.33. The molecule has 1 aliphatic rings. The van der Waals surface area contributed by atoms with Gasteiger partial charge in [0.2, 0.25) is 5.91 Å². The van der Waals surface area contributed by atoms with E-state index in [1.165, 1.54) is 0 Å². The highest BCUT2D eigenvalue weighted by Crippen LogP contribution is 2.28. The van der Waals surface area contributed by atoms with Crippen molar-refractivity contribution in [3.63, 3.8) is 0 Å². The minimum atomic E-state index is -1.15. The lowest BCUT2D eigenvalue weighted by Crippen LogP contribution is -2.51. The first-order valence-electron chi connectivity index (χ1n) is 12.8. The second kappa shape index (κ2) is 15.0. The zero-order valence-electron chi connectivity index (χ0n) is 21.6. The average Bonchev–Trinajstić information content (AvgIpc) is 2.87. The molecule has 0 radical (unpaired) electrons. The van der Waals surface area contributed by atoms with Crippen molar-refractivity contribution in [2.75, 3.05) is 19.8 Å². The van der Waals surface area contributed by atoms with E-state index in [9.17, 15) is 23.6 Å². The highest BCUT2D eigenvalue weighted by molar-refractivity contribution is 9.10. The molecule has 0 bridgehead atoms. The van der Waals surface area contributed by atoms with Crippen LogP contribution in [0, 0.1) is 17.8 Å². The molecule has 1 saturated heterocycles. The van der Waals surface area contributed by atoms with Crippen molar-refractivity contribution in [2.24, 2.45) is 34.2 Å². The predicted octanol–water partition coefficient (Wildman–Crippen LogP) is 3.84. The second-order valence-electron chi connectivity index (χ2n) is 9.94. The molecule has 4 N–H and O–H groups in total. The summed E-state index contributed by atoms with van der Waals surface area (Å²) in [6.07, 6.45) is 2.64. The zero-order chi connectivity index (χ0) is 27.5. The quantitative estimate of drug-likeness (QED) is 0.148. The molecule has 204 valence electrons. The summed E-state index contributed by atoms with van der Waals surface area (Å²) in [6, 6.07) is 6.32. The van der Waals surface area contributed by atoms with E-state index in [2.05, 4.69) is 20.9 Å². The number of alkyl halides is 1. The lowest BCUT2D eigenvalue weighted by molar-refractivity contribution is -0.146. The fourth-order valence-corrected chi connectivity index (χ4v) is 4.98.